The second kappa shape index (κ2) is 6.41. The maximum absolute atomic E-state index is 12.6. The topological polar surface area (TPSA) is 72.2 Å². The number of nitrogens with zero attached hydrogens (tertiary/aromatic N) is 2. The van der Waals surface area contributed by atoms with Gasteiger partial charge in [-0.1, -0.05) is 25.6 Å². The van der Waals surface area contributed by atoms with E-state index in [1.165, 1.54) is 11.3 Å². The summed E-state index contributed by atoms with van der Waals surface area (Å²) in [5, 5.41) is 11.8. The van der Waals surface area contributed by atoms with Gasteiger partial charge in [-0.3, -0.25) is 14.2 Å². The van der Waals surface area contributed by atoms with Crippen molar-refractivity contribution in [2.75, 3.05) is 5.75 Å². The van der Waals surface area contributed by atoms with Crippen molar-refractivity contribution in [3.8, 4) is 0 Å². The predicted molar refractivity (Wildman–Crippen MR) is 81.9 cm³/mol. The van der Waals surface area contributed by atoms with E-state index in [-0.39, 0.29) is 17.4 Å². The molecule has 0 bridgehead atoms. The number of aliphatic carboxylic acids is 1. The number of carboxylic acid groups (broad SMARTS) is 1. The lowest BCUT2D eigenvalue weighted by atomic mass is 10.1. The summed E-state index contributed by atoms with van der Waals surface area (Å²) in [6.45, 7) is 4.04. The molecule has 108 valence electrons. The molecule has 0 aliphatic rings. The van der Waals surface area contributed by atoms with Crippen LogP contribution in [-0.2, 0) is 4.79 Å². The van der Waals surface area contributed by atoms with Gasteiger partial charge < -0.3 is 5.11 Å². The fourth-order valence-corrected chi connectivity index (χ4v) is 3.70. The molecule has 1 N–H and O–H groups in total. The number of thioether (sulfide) groups is 1. The lowest BCUT2D eigenvalue weighted by Crippen LogP contribution is -2.27. The molecule has 0 aromatic carbocycles. The Labute approximate surface area is 124 Å². The normalized spacial score (nSPS) is 11.3. The predicted octanol–water partition coefficient (Wildman–Crippen LogP) is 3.00. The van der Waals surface area contributed by atoms with Gasteiger partial charge in [-0.15, -0.1) is 11.3 Å². The van der Waals surface area contributed by atoms with E-state index >= 15 is 0 Å². The highest BCUT2D eigenvalue weighted by atomic mass is 32.2. The number of rotatable bonds is 6. The fraction of sp³-hybridized carbons (Fsp3) is 0.462. The van der Waals surface area contributed by atoms with E-state index in [0.717, 1.165) is 24.6 Å². The zero-order chi connectivity index (χ0) is 14.7. The Hall–Kier alpha value is -1.34. The van der Waals surface area contributed by atoms with Crippen LogP contribution in [0.2, 0.25) is 0 Å². The molecule has 0 saturated heterocycles. The van der Waals surface area contributed by atoms with Crippen molar-refractivity contribution in [3.05, 3.63) is 21.8 Å². The third-order valence-electron chi connectivity index (χ3n) is 3.13. The summed E-state index contributed by atoms with van der Waals surface area (Å²) in [5.41, 5.74) is -0.0714. The van der Waals surface area contributed by atoms with E-state index in [9.17, 15) is 9.59 Å². The highest BCUT2D eigenvalue weighted by Crippen LogP contribution is 2.25. The molecule has 20 heavy (non-hydrogen) atoms. The average molecular weight is 312 g/mol. The van der Waals surface area contributed by atoms with Crippen LogP contribution in [0.4, 0.5) is 0 Å². The molecule has 0 aliphatic carbocycles. The smallest absolute Gasteiger partial charge is 0.313 e. The Balaban J connectivity index is 2.59. The first-order chi connectivity index (χ1) is 9.58. The van der Waals surface area contributed by atoms with Crippen LogP contribution >= 0.6 is 23.1 Å². The van der Waals surface area contributed by atoms with E-state index < -0.39 is 5.97 Å². The van der Waals surface area contributed by atoms with Gasteiger partial charge in [0.1, 0.15) is 4.83 Å². The molecule has 0 unspecified atom stereocenters. The highest BCUT2D eigenvalue weighted by molar-refractivity contribution is 7.99. The van der Waals surface area contributed by atoms with E-state index in [2.05, 4.69) is 4.98 Å². The Morgan fingerprint density at radius 2 is 2.20 bits per heavy atom. The first kappa shape index (κ1) is 15.1. The third-order valence-corrected chi connectivity index (χ3v) is 4.87. The number of hydrogen-bond acceptors (Lipinski definition) is 5. The summed E-state index contributed by atoms with van der Waals surface area (Å²) in [4.78, 5) is 28.5. The quantitative estimate of drug-likeness (QED) is 0.656. The van der Waals surface area contributed by atoms with Crippen LogP contribution in [0.25, 0.3) is 10.2 Å². The Morgan fingerprint density at radius 3 is 2.80 bits per heavy atom. The van der Waals surface area contributed by atoms with E-state index in [0.29, 0.717) is 15.4 Å². The fourth-order valence-electron chi connectivity index (χ4n) is 2.11. The molecule has 2 rings (SSSR count). The second-order valence-corrected chi connectivity index (χ2v) is 6.20. The van der Waals surface area contributed by atoms with Gasteiger partial charge >= 0.3 is 5.97 Å². The number of carboxylic acids is 1. The summed E-state index contributed by atoms with van der Waals surface area (Å²) in [7, 11) is 0. The van der Waals surface area contributed by atoms with Crippen LogP contribution < -0.4 is 5.56 Å². The minimum atomic E-state index is -0.911. The van der Waals surface area contributed by atoms with Gasteiger partial charge in [0.2, 0.25) is 0 Å². The van der Waals surface area contributed by atoms with Gasteiger partial charge in [0.15, 0.2) is 5.16 Å². The minimum absolute atomic E-state index is 0.0515. The molecule has 0 aliphatic heterocycles. The molecular formula is C13H16N2O3S2. The number of aromatic nitrogens is 2. The SMILES string of the molecule is CCC(CC)n1c(SCC(=O)O)nc2sccc2c1=O. The Kier molecular flexibility index (Phi) is 4.82. The van der Waals surface area contributed by atoms with E-state index in [1.807, 2.05) is 19.2 Å². The molecule has 5 nitrogen and oxygen atoms in total. The number of hydrogen-bond donors (Lipinski definition) is 1. The molecule has 0 fully saturated rings. The molecule has 0 saturated carbocycles. The number of carbonyl (C=O) groups is 1. The van der Waals surface area contributed by atoms with Gasteiger partial charge in [0, 0.05) is 6.04 Å². The third kappa shape index (κ3) is 2.88. The highest BCUT2D eigenvalue weighted by Gasteiger charge is 2.18. The molecule has 2 heterocycles. The van der Waals surface area contributed by atoms with Gasteiger partial charge in [0.05, 0.1) is 11.1 Å². The lowest BCUT2D eigenvalue weighted by molar-refractivity contribution is -0.133. The molecule has 0 spiro atoms. The second-order valence-electron chi connectivity index (χ2n) is 4.36. The maximum atomic E-state index is 12.6. The van der Waals surface area contributed by atoms with Crippen LogP contribution in [0.5, 0.6) is 0 Å². The van der Waals surface area contributed by atoms with Crippen molar-refractivity contribution in [1.29, 1.82) is 0 Å². The van der Waals surface area contributed by atoms with E-state index in [4.69, 9.17) is 5.11 Å². The monoisotopic (exact) mass is 312 g/mol. The average Bonchev–Trinajstić information content (AvgIpc) is 2.88. The van der Waals surface area contributed by atoms with Gasteiger partial charge in [0.25, 0.3) is 5.56 Å². The summed E-state index contributed by atoms with van der Waals surface area (Å²) in [5.74, 6) is -1.00. The summed E-state index contributed by atoms with van der Waals surface area (Å²) in [6, 6.07) is 1.83. The van der Waals surface area contributed by atoms with Crippen LogP contribution in [0.15, 0.2) is 21.4 Å². The maximum Gasteiger partial charge on any atom is 0.313 e. The van der Waals surface area contributed by atoms with Crippen molar-refractivity contribution < 1.29 is 9.90 Å². The van der Waals surface area contributed by atoms with Crippen molar-refractivity contribution >= 4 is 39.3 Å². The van der Waals surface area contributed by atoms with Gasteiger partial charge in [-0.05, 0) is 24.3 Å². The first-order valence-electron chi connectivity index (χ1n) is 6.42. The number of thiophene rings is 1. The zero-order valence-electron chi connectivity index (χ0n) is 11.3. The molecule has 2 aromatic rings. The number of fused-ring (bicyclic) bond motifs is 1. The summed E-state index contributed by atoms with van der Waals surface area (Å²) < 4.78 is 1.66. The van der Waals surface area contributed by atoms with Crippen LogP contribution in [0, 0.1) is 0 Å². The van der Waals surface area contributed by atoms with Gasteiger partial charge in [-0.25, -0.2) is 4.98 Å². The minimum Gasteiger partial charge on any atom is -0.481 e. The van der Waals surface area contributed by atoms with Crippen LogP contribution in [0.1, 0.15) is 32.7 Å². The summed E-state index contributed by atoms with van der Waals surface area (Å²) >= 11 is 2.51. The molecule has 0 amide bonds. The molecule has 2 aromatic heterocycles. The van der Waals surface area contributed by atoms with Crippen LogP contribution in [0.3, 0.4) is 0 Å². The van der Waals surface area contributed by atoms with Crippen LogP contribution in [-0.4, -0.2) is 26.4 Å². The Morgan fingerprint density at radius 1 is 1.50 bits per heavy atom. The standard InChI is InChI=1S/C13H16N2O3S2/c1-3-8(4-2)15-12(18)9-5-6-19-11(9)14-13(15)20-7-10(16)17/h5-6,8H,3-4,7H2,1-2H3,(H,16,17). The van der Waals surface area contributed by atoms with Crippen molar-refractivity contribution in [3.63, 3.8) is 0 Å². The van der Waals surface area contributed by atoms with Gasteiger partial charge in [-0.2, -0.15) is 0 Å². The molecular weight excluding hydrogens is 296 g/mol. The molecule has 7 heteroatoms. The van der Waals surface area contributed by atoms with Crippen molar-refractivity contribution in [2.24, 2.45) is 0 Å². The lowest BCUT2D eigenvalue weighted by Gasteiger charge is -2.19. The molecule has 0 radical (unpaired) electrons. The van der Waals surface area contributed by atoms with Crippen molar-refractivity contribution in [1.82, 2.24) is 9.55 Å². The zero-order valence-corrected chi connectivity index (χ0v) is 13.0. The Bertz CT molecular complexity index is 674. The van der Waals surface area contributed by atoms with E-state index in [1.54, 1.807) is 10.6 Å². The summed E-state index contributed by atoms with van der Waals surface area (Å²) in [6.07, 6.45) is 1.63. The first-order valence-corrected chi connectivity index (χ1v) is 8.29. The largest absolute Gasteiger partial charge is 0.481 e. The van der Waals surface area contributed by atoms with Crippen molar-refractivity contribution in [2.45, 2.75) is 37.9 Å². The molecule has 0 atom stereocenters.